The second-order valence-corrected chi connectivity index (χ2v) is 7.18. The molecule has 0 unspecified atom stereocenters. The Balaban J connectivity index is 2.22. The molecule has 0 spiro atoms. The minimum absolute atomic E-state index is 0.0270. The van der Waals surface area contributed by atoms with Gasteiger partial charge in [0.05, 0.1) is 17.7 Å². The number of carboxylic acid groups (broad SMARTS) is 1. The first-order valence-corrected chi connectivity index (χ1v) is 8.85. The largest absolute Gasteiger partial charge is 0.480 e. The maximum atomic E-state index is 12.4. The van der Waals surface area contributed by atoms with Gasteiger partial charge in [0.15, 0.2) is 0 Å². The van der Waals surface area contributed by atoms with E-state index < -0.39 is 27.9 Å². The van der Waals surface area contributed by atoms with Gasteiger partial charge in [-0.05, 0) is 43.7 Å². The smallest absolute Gasteiger partial charge is 0.325 e. The molecule has 3 N–H and O–H groups in total. The van der Waals surface area contributed by atoms with Gasteiger partial charge >= 0.3 is 5.97 Å². The Hall–Kier alpha value is -2.65. The zero-order chi connectivity index (χ0) is 18.6. The van der Waals surface area contributed by atoms with E-state index in [-0.39, 0.29) is 17.0 Å². The van der Waals surface area contributed by atoms with Crippen molar-refractivity contribution in [2.24, 2.45) is 0 Å². The average molecular weight is 366 g/mol. The van der Waals surface area contributed by atoms with Crippen LogP contribution in [0.25, 0.3) is 0 Å². The molecule has 0 aliphatic carbocycles. The first-order chi connectivity index (χ1) is 11.7. The first kappa shape index (κ1) is 18.7. The number of amides is 1. The second-order valence-electron chi connectivity index (χ2n) is 5.41. The Labute approximate surface area is 144 Å². The third-order valence-electron chi connectivity index (χ3n) is 3.50. The van der Waals surface area contributed by atoms with E-state index in [0.29, 0.717) is 11.3 Å². The molecular weight excluding hydrogens is 348 g/mol. The maximum Gasteiger partial charge on any atom is 0.325 e. The minimum atomic E-state index is -3.86. The molecule has 0 radical (unpaired) electrons. The molecular formula is C16H18N2O6S. The van der Waals surface area contributed by atoms with E-state index in [9.17, 15) is 18.0 Å². The molecule has 134 valence electrons. The number of carbonyl (C=O) groups excluding carboxylic acids is 1. The van der Waals surface area contributed by atoms with Crippen molar-refractivity contribution in [2.45, 2.75) is 31.3 Å². The summed E-state index contributed by atoms with van der Waals surface area (Å²) in [6.45, 7) is 2.93. The Kier molecular flexibility index (Phi) is 5.60. The van der Waals surface area contributed by atoms with Gasteiger partial charge < -0.3 is 14.8 Å². The van der Waals surface area contributed by atoms with Gasteiger partial charge in [0.2, 0.25) is 10.0 Å². The van der Waals surface area contributed by atoms with Crippen molar-refractivity contribution in [3.8, 4) is 0 Å². The van der Waals surface area contributed by atoms with Crippen molar-refractivity contribution in [2.75, 3.05) is 0 Å². The van der Waals surface area contributed by atoms with Gasteiger partial charge in [-0.2, -0.15) is 0 Å². The highest BCUT2D eigenvalue weighted by atomic mass is 32.2. The van der Waals surface area contributed by atoms with Crippen LogP contribution < -0.4 is 10.0 Å². The molecule has 1 amide bonds. The van der Waals surface area contributed by atoms with E-state index in [1.165, 1.54) is 31.4 Å². The molecule has 1 atom stereocenters. The summed E-state index contributed by atoms with van der Waals surface area (Å²) in [5, 5.41) is 11.2. The highest BCUT2D eigenvalue weighted by Gasteiger charge is 2.20. The standard InChI is InChI=1S/C16H18N2O6S/c1-10-5-6-13(8-14(10)15(19)18-11(2)16(20)21)25(22,23)17-9-12-4-3-7-24-12/h3-8,11,17H,9H2,1-2H3,(H,18,19)(H,20,21)/t11-/m0/s1. The fraction of sp³-hybridized carbons (Fsp3) is 0.250. The Morgan fingerprint density at radius 3 is 2.60 bits per heavy atom. The predicted molar refractivity (Wildman–Crippen MR) is 88.5 cm³/mol. The highest BCUT2D eigenvalue weighted by molar-refractivity contribution is 7.89. The molecule has 0 aliphatic heterocycles. The topological polar surface area (TPSA) is 126 Å². The molecule has 0 saturated heterocycles. The first-order valence-electron chi connectivity index (χ1n) is 7.37. The predicted octanol–water partition coefficient (Wildman–Crippen LogP) is 1.27. The third-order valence-corrected chi connectivity index (χ3v) is 4.90. The number of aryl methyl sites for hydroxylation is 1. The lowest BCUT2D eigenvalue weighted by molar-refractivity contribution is -0.138. The number of hydrogen-bond donors (Lipinski definition) is 3. The molecule has 1 aromatic carbocycles. The van der Waals surface area contributed by atoms with Crippen LogP contribution in [0, 0.1) is 6.92 Å². The Bertz CT molecular complexity index is 874. The van der Waals surface area contributed by atoms with Crippen LogP contribution in [0.2, 0.25) is 0 Å². The summed E-state index contributed by atoms with van der Waals surface area (Å²) >= 11 is 0. The van der Waals surface area contributed by atoms with Gasteiger partial charge in [-0.1, -0.05) is 6.07 Å². The number of furan rings is 1. The van der Waals surface area contributed by atoms with E-state index in [1.54, 1.807) is 19.1 Å². The number of aliphatic carboxylic acids is 1. The fourth-order valence-electron chi connectivity index (χ4n) is 2.01. The summed E-state index contributed by atoms with van der Waals surface area (Å²) < 4.78 is 32.2. The number of benzene rings is 1. The summed E-state index contributed by atoms with van der Waals surface area (Å²) in [5.74, 6) is -1.39. The number of carboxylic acids is 1. The summed E-state index contributed by atoms with van der Waals surface area (Å²) in [5.41, 5.74) is 0.619. The van der Waals surface area contributed by atoms with Crippen LogP contribution in [0.1, 0.15) is 28.6 Å². The van der Waals surface area contributed by atoms with E-state index in [0.717, 1.165) is 0 Å². The van der Waals surface area contributed by atoms with Gasteiger partial charge in [0.25, 0.3) is 5.91 Å². The quantitative estimate of drug-likeness (QED) is 0.677. The lowest BCUT2D eigenvalue weighted by Crippen LogP contribution is -2.38. The van der Waals surface area contributed by atoms with Crippen molar-refractivity contribution >= 4 is 21.9 Å². The van der Waals surface area contributed by atoms with Gasteiger partial charge in [-0.25, -0.2) is 13.1 Å². The van der Waals surface area contributed by atoms with Gasteiger partial charge in [-0.15, -0.1) is 0 Å². The van der Waals surface area contributed by atoms with E-state index in [4.69, 9.17) is 9.52 Å². The van der Waals surface area contributed by atoms with E-state index >= 15 is 0 Å². The van der Waals surface area contributed by atoms with Crippen molar-refractivity contribution in [3.63, 3.8) is 0 Å². The van der Waals surface area contributed by atoms with Crippen molar-refractivity contribution in [3.05, 3.63) is 53.5 Å². The van der Waals surface area contributed by atoms with E-state index in [1.807, 2.05) is 0 Å². The molecule has 8 nitrogen and oxygen atoms in total. The van der Waals surface area contributed by atoms with Crippen LogP contribution in [0.4, 0.5) is 0 Å². The molecule has 1 heterocycles. The van der Waals surface area contributed by atoms with Crippen molar-refractivity contribution in [1.82, 2.24) is 10.0 Å². The maximum absolute atomic E-state index is 12.4. The number of carbonyl (C=O) groups is 2. The molecule has 2 rings (SSSR count). The normalized spacial score (nSPS) is 12.6. The molecule has 0 aliphatic rings. The van der Waals surface area contributed by atoms with Crippen LogP contribution in [0.15, 0.2) is 45.9 Å². The third kappa shape index (κ3) is 4.68. The van der Waals surface area contributed by atoms with Gasteiger partial charge in [0.1, 0.15) is 11.8 Å². The monoisotopic (exact) mass is 366 g/mol. The Morgan fingerprint density at radius 1 is 1.28 bits per heavy atom. The van der Waals surface area contributed by atoms with Crippen LogP contribution in [-0.2, 0) is 21.4 Å². The van der Waals surface area contributed by atoms with Crippen LogP contribution in [0.3, 0.4) is 0 Å². The number of hydrogen-bond acceptors (Lipinski definition) is 5. The number of sulfonamides is 1. The molecule has 0 saturated carbocycles. The lowest BCUT2D eigenvalue weighted by Gasteiger charge is -2.13. The highest BCUT2D eigenvalue weighted by Crippen LogP contribution is 2.16. The van der Waals surface area contributed by atoms with Crippen LogP contribution in [-0.4, -0.2) is 31.4 Å². The fourth-order valence-corrected chi connectivity index (χ4v) is 3.03. The van der Waals surface area contributed by atoms with Crippen LogP contribution in [0.5, 0.6) is 0 Å². The lowest BCUT2D eigenvalue weighted by atomic mass is 10.1. The molecule has 2 aromatic rings. The second kappa shape index (κ2) is 7.49. The van der Waals surface area contributed by atoms with E-state index in [2.05, 4.69) is 10.0 Å². The van der Waals surface area contributed by atoms with Gasteiger partial charge in [0, 0.05) is 5.56 Å². The molecule has 0 bridgehead atoms. The molecule has 1 aromatic heterocycles. The average Bonchev–Trinajstić information content (AvgIpc) is 3.06. The SMILES string of the molecule is Cc1ccc(S(=O)(=O)NCc2ccco2)cc1C(=O)N[C@@H](C)C(=O)O. The summed E-state index contributed by atoms with van der Waals surface area (Å²) in [7, 11) is -3.86. The van der Waals surface area contributed by atoms with Gasteiger partial charge in [-0.3, -0.25) is 9.59 Å². The number of rotatable bonds is 7. The molecule has 25 heavy (non-hydrogen) atoms. The number of nitrogens with one attached hydrogen (secondary N) is 2. The zero-order valence-corrected chi connectivity index (χ0v) is 14.5. The Morgan fingerprint density at radius 2 is 2.00 bits per heavy atom. The summed E-state index contributed by atoms with van der Waals surface area (Å²) in [6.07, 6.45) is 1.43. The molecule has 0 fully saturated rings. The zero-order valence-electron chi connectivity index (χ0n) is 13.6. The summed E-state index contributed by atoms with van der Waals surface area (Å²) in [4.78, 5) is 22.9. The minimum Gasteiger partial charge on any atom is -0.480 e. The van der Waals surface area contributed by atoms with Crippen molar-refractivity contribution < 1.29 is 27.5 Å². The molecule has 9 heteroatoms. The van der Waals surface area contributed by atoms with Crippen molar-refractivity contribution in [1.29, 1.82) is 0 Å². The van der Waals surface area contributed by atoms with Crippen LogP contribution >= 0.6 is 0 Å². The summed E-state index contributed by atoms with van der Waals surface area (Å²) in [6, 6.07) is 6.25.